The first-order chi connectivity index (χ1) is 25.1. The number of aryl methyl sites for hydroxylation is 4. The number of aromatic hydroxyl groups is 6. The molecule has 0 aliphatic heterocycles. The molecule has 53 heavy (non-hydrogen) atoms. The Bertz CT molecular complexity index is 2020. The molecule has 0 aliphatic carbocycles. The fourth-order valence-electron chi connectivity index (χ4n) is 7.19. The van der Waals surface area contributed by atoms with Crippen molar-refractivity contribution in [3.63, 3.8) is 0 Å². The van der Waals surface area contributed by atoms with Gasteiger partial charge in [0.2, 0.25) is 0 Å². The van der Waals surface area contributed by atoms with Gasteiger partial charge in [0.1, 0.15) is 34.5 Å². The van der Waals surface area contributed by atoms with Gasteiger partial charge < -0.3 is 30.6 Å². The van der Waals surface area contributed by atoms with Crippen LogP contribution in [0.25, 0.3) is 0 Å². The molecule has 0 unspecified atom stereocenters. The second-order valence-electron chi connectivity index (χ2n) is 15.1. The Morgan fingerprint density at radius 2 is 0.566 bits per heavy atom. The van der Waals surface area contributed by atoms with Gasteiger partial charge in [-0.3, -0.25) is 0 Å². The van der Waals surface area contributed by atoms with Crippen LogP contribution >= 0.6 is 0 Å². The zero-order valence-electron chi connectivity index (χ0n) is 31.2. The molecule has 0 aromatic heterocycles. The van der Waals surface area contributed by atoms with Gasteiger partial charge in [0.05, 0.1) is 0 Å². The van der Waals surface area contributed by atoms with Gasteiger partial charge in [-0.05, 0) is 108 Å². The predicted molar refractivity (Wildman–Crippen MR) is 211 cm³/mol. The molecular weight excluding hydrogens is 661 g/mol. The van der Waals surface area contributed by atoms with E-state index in [2.05, 4.69) is 13.8 Å². The summed E-state index contributed by atoms with van der Waals surface area (Å²) in [4.78, 5) is 0. The minimum Gasteiger partial charge on any atom is -0.508 e. The quantitative estimate of drug-likeness (QED) is 0.0843. The van der Waals surface area contributed by atoms with Gasteiger partial charge in [0.15, 0.2) is 0 Å². The molecule has 0 fully saturated rings. The lowest BCUT2D eigenvalue weighted by Gasteiger charge is -2.30. The minimum absolute atomic E-state index is 0.100. The molecule has 6 aromatic carbocycles. The van der Waals surface area contributed by atoms with Crippen LogP contribution in [-0.2, 0) is 31.1 Å². The number of phenols is 6. The van der Waals surface area contributed by atoms with E-state index in [9.17, 15) is 30.6 Å². The second kappa shape index (κ2) is 14.6. The summed E-state index contributed by atoms with van der Waals surface area (Å²) in [5, 5.41) is 66.8. The van der Waals surface area contributed by atoms with Crippen LogP contribution in [0.2, 0.25) is 0 Å². The van der Waals surface area contributed by atoms with E-state index >= 15 is 0 Å². The van der Waals surface area contributed by atoms with E-state index in [0.717, 1.165) is 33.4 Å². The maximum absolute atomic E-state index is 11.8. The van der Waals surface area contributed by atoms with Crippen molar-refractivity contribution in [3.8, 4) is 34.5 Å². The van der Waals surface area contributed by atoms with Gasteiger partial charge in [0, 0.05) is 31.1 Å². The van der Waals surface area contributed by atoms with E-state index in [1.54, 1.807) is 24.3 Å². The zero-order valence-corrected chi connectivity index (χ0v) is 31.2. The van der Waals surface area contributed by atoms with E-state index in [-0.39, 0.29) is 60.2 Å². The molecule has 0 heterocycles. The second-order valence-corrected chi connectivity index (χ2v) is 15.1. The van der Waals surface area contributed by atoms with Crippen LogP contribution in [0.4, 0.5) is 0 Å². The molecule has 0 radical (unpaired) electrons. The maximum Gasteiger partial charge on any atom is 0.122 e. The lowest BCUT2D eigenvalue weighted by atomic mass is 9.74. The molecule has 0 saturated carbocycles. The number of hydrogen-bond acceptors (Lipinski definition) is 6. The van der Waals surface area contributed by atoms with Crippen molar-refractivity contribution < 1.29 is 30.6 Å². The fraction of sp³-hybridized carbons (Fsp3) is 0.234. The Balaban J connectivity index is 1.53. The van der Waals surface area contributed by atoms with Gasteiger partial charge in [-0.15, -0.1) is 0 Å². The molecule has 0 amide bonds. The largest absolute Gasteiger partial charge is 0.508 e. The van der Waals surface area contributed by atoms with Crippen LogP contribution in [0.1, 0.15) is 91.7 Å². The topological polar surface area (TPSA) is 121 Å². The number of rotatable bonds is 10. The van der Waals surface area contributed by atoms with Crippen LogP contribution in [0.15, 0.2) is 97.1 Å². The van der Waals surface area contributed by atoms with Crippen molar-refractivity contribution in [1.29, 1.82) is 0 Å². The maximum atomic E-state index is 11.8. The number of benzene rings is 6. The highest BCUT2D eigenvalue weighted by atomic mass is 16.3. The highest BCUT2D eigenvalue weighted by Crippen LogP contribution is 2.42. The predicted octanol–water partition coefficient (Wildman–Crippen LogP) is 9.84. The van der Waals surface area contributed by atoms with Gasteiger partial charge in [-0.1, -0.05) is 109 Å². The Kier molecular flexibility index (Phi) is 10.2. The molecule has 6 nitrogen and oxygen atoms in total. The van der Waals surface area contributed by atoms with Gasteiger partial charge in [0.25, 0.3) is 0 Å². The third-order valence-electron chi connectivity index (χ3n) is 10.4. The zero-order chi connectivity index (χ0) is 38.2. The molecule has 272 valence electrons. The standard InChI is InChI=1S/C47H48O6/c1-27-7-11-41(48)31(15-27)19-35-23-39(24-36(45(35)52)20-32-16-28(2)8-12-42(32)49)47(5,6)40-25-37(21-33-17-29(3)9-13-43(33)50)46(53)38(26-40)22-34-18-30(4)10-14-44(34)51/h7-18,23-26,48-53H,19-22H2,1-6H3. The van der Waals surface area contributed by atoms with Gasteiger partial charge in [-0.2, -0.15) is 0 Å². The van der Waals surface area contributed by atoms with Crippen LogP contribution in [0.3, 0.4) is 0 Å². The molecule has 0 saturated heterocycles. The Morgan fingerprint density at radius 1 is 0.340 bits per heavy atom. The van der Waals surface area contributed by atoms with Crippen molar-refractivity contribution in [3.05, 3.63) is 175 Å². The van der Waals surface area contributed by atoms with Crippen molar-refractivity contribution in [2.45, 2.75) is 72.6 Å². The van der Waals surface area contributed by atoms with E-state index in [1.807, 2.05) is 100 Å². The molecule has 6 heteroatoms. The van der Waals surface area contributed by atoms with Gasteiger partial charge in [-0.25, -0.2) is 0 Å². The summed E-state index contributed by atoms with van der Waals surface area (Å²) in [5.41, 5.74) is 10.3. The summed E-state index contributed by atoms with van der Waals surface area (Å²) >= 11 is 0. The summed E-state index contributed by atoms with van der Waals surface area (Å²) in [6.07, 6.45) is 1.12. The Hall–Kier alpha value is -5.88. The lowest BCUT2D eigenvalue weighted by molar-refractivity contribution is 0.455. The smallest absolute Gasteiger partial charge is 0.122 e. The molecule has 0 atom stereocenters. The molecule has 6 rings (SSSR count). The summed E-state index contributed by atoms with van der Waals surface area (Å²) in [5.74, 6) is 0.772. The molecule has 0 aliphatic rings. The van der Waals surface area contributed by atoms with Crippen LogP contribution in [0, 0.1) is 27.7 Å². The fourth-order valence-corrected chi connectivity index (χ4v) is 7.19. The van der Waals surface area contributed by atoms with Gasteiger partial charge >= 0.3 is 0 Å². The van der Waals surface area contributed by atoms with Crippen molar-refractivity contribution >= 4 is 0 Å². The van der Waals surface area contributed by atoms with Crippen LogP contribution in [0.5, 0.6) is 34.5 Å². The van der Waals surface area contributed by atoms with Crippen LogP contribution < -0.4 is 0 Å². The van der Waals surface area contributed by atoms with E-state index < -0.39 is 5.41 Å². The van der Waals surface area contributed by atoms with Crippen molar-refractivity contribution in [2.24, 2.45) is 0 Å². The molecule has 0 bridgehead atoms. The average molecular weight is 709 g/mol. The molecular formula is C47H48O6. The monoisotopic (exact) mass is 708 g/mol. The summed E-state index contributed by atoms with van der Waals surface area (Å²) in [6, 6.07) is 29.6. The third kappa shape index (κ3) is 7.97. The summed E-state index contributed by atoms with van der Waals surface area (Å²) in [7, 11) is 0. The highest BCUT2D eigenvalue weighted by molar-refractivity contribution is 5.57. The highest BCUT2D eigenvalue weighted by Gasteiger charge is 2.29. The lowest BCUT2D eigenvalue weighted by Crippen LogP contribution is -2.21. The minimum atomic E-state index is -0.693. The molecule has 6 N–H and O–H groups in total. The van der Waals surface area contributed by atoms with E-state index in [0.29, 0.717) is 44.5 Å². The molecule has 6 aromatic rings. The number of phenolic OH excluding ortho intramolecular Hbond substituents is 6. The van der Waals surface area contributed by atoms with Crippen LogP contribution in [-0.4, -0.2) is 30.6 Å². The summed E-state index contributed by atoms with van der Waals surface area (Å²) in [6.45, 7) is 12.0. The van der Waals surface area contributed by atoms with E-state index in [1.165, 1.54) is 0 Å². The molecule has 0 spiro atoms. The first kappa shape index (κ1) is 36.9. The Labute approximate surface area is 311 Å². The first-order valence-corrected chi connectivity index (χ1v) is 17.9. The third-order valence-corrected chi connectivity index (χ3v) is 10.4. The van der Waals surface area contributed by atoms with Crippen molar-refractivity contribution in [2.75, 3.05) is 0 Å². The number of hydrogen-bond donors (Lipinski definition) is 6. The van der Waals surface area contributed by atoms with E-state index in [4.69, 9.17) is 0 Å². The summed E-state index contributed by atoms with van der Waals surface area (Å²) < 4.78 is 0. The van der Waals surface area contributed by atoms with Crippen molar-refractivity contribution in [1.82, 2.24) is 0 Å². The average Bonchev–Trinajstić information content (AvgIpc) is 3.10. The first-order valence-electron chi connectivity index (χ1n) is 17.9. The Morgan fingerprint density at radius 3 is 0.792 bits per heavy atom. The normalized spacial score (nSPS) is 11.6. The SMILES string of the molecule is Cc1ccc(O)c(Cc2cc(C(C)(C)c3cc(Cc4cc(C)ccc4O)c(O)c(Cc4cc(C)ccc4O)c3)cc(Cc3cc(C)ccc3O)c2O)c1.